The molecule has 1 fully saturated rings. The van der Waals surface area contributed by atoms with Crippen molar-refractivity contribution in [1.29, 1.82) is 0 Å². The molecule has 0 heterocycles. The van der Waals surface area contributed by atoms with E-state index in [1.54, 1.807) is 0 Å². The Morgan fingerprint density at radius 3 is 2.25 bits per heavy atom. The minimum atomic E-state index is -4.30. The van der Waals surface area contributed by atoms with Gasteiger partial charge < -0.3 is 15.2 Å². The summed E-state index contributed by atoms with van der Waals surface area (Å²) >= 11 is 0. The van der Waals surface area contributed by atoms with Gasteiger partial charge in [-0.3, -0.25) is 14.9 Å². The zero-order chi connectivity index (χ0) is 23.9. The van der Waals surface area contributed by atoms with E-state index in [0.717, 1.165) is 63.3 Å². The van der Waals surface area contributed by atoms with E-state index in [0.29, 0.717) is 0 Å². The van der Waals surface area contributed by atoms with Crippen molar-refractivity contribution >= 4 is 27.9 Å². The van der Waals surface area contributed by atoms with Crippen LogP contribution in [-0.4, -0.2) is 55.7 Å². The van der Waals surface area contributed by atoms with Crippen molar-refractivity contribution in [2.45, 2.75) is 75.1 Å². The monoisotopic (exact) mass is 473 g/mol. The summed E-state index contributed by atoms with van der Waals surface area (Å²) < 4.78 is 44.8. The first-order chi connectivity index (χ1) is 15.0. The van der Waals surface area contributed by atoms with Crippen molar-refractivity contribution in [3.05, 3.63) is 30.1 Å². The molecular formula is C20H28FN3O7S. The van der Waals surface area contributed by atoms with Crippen molar-refractivity contribution in [2.24, 2.45) is 0 Å². The number of rotatable bonds is 8. The Morgan fingerprint density at radius 2 is 1.69 bits per heavy atom. The molecule has 0 saturated heterocycles. The maximum atomic E-state index is 13.0. The molecule has 0 aromatic heterocycles. The van der Waals surface area contributed by atoms with Gasteiger partial charge in [0.25, 0.3) is 5.91 Å². The van der Waals surface area contributed by atoms with Crippen molar-refractivity contribution in [3.63, 3.8) is 0 Å². The molecule has 0 aliphatic heterocycles. The predicted molar refractivity (Wildman–Crippen MR) is 111 cm³/mol. The molecule has 10 nitrogen and oxygen atoms in total. The number of nitrogens with one attached hydrogen (secondary N) is 3. The van der Waals surface area contributed by atoms with Gasteiger partial charge in [0.2, 0.25) is 10.0 Å². The van der Waals surface area contributed by atoms with Crippen LogP contribution in [0.2, 0.25) is 0 Å². The molecule has 0 unspecified atom stereocenters. The van der Waals surface area contributed by atoms with Gasteiger partial charge in [0.05, 0.1) is 11.0 Å². The largest absolute Gasteiger partial charge is 0.451 e. The highest BCUT2D eigenvalue weighted by atomic mass is 32.2. The number of aliphatic hydroxyl groups excluding tert-OH is 1. The minimum absolute atomic E-state index is 0.0325. The second-order valence-corrected chi connectivity index (χ2v) is 9.38. The van der Waals surface area contributed by atoms with Gasteiger partial charge in [-0.05, 0) is 51.0 Å². The van der Waals surface area contributed by atoms with Gasteiger partial charge in [0.1, 0.15) is 11.9 Å². The Morgan fingerprint density at radius 1 is 1.09 bits per heavy atom. The second-order valence-electron chi connectivity index (χ2n) is 7.67. The van der Waals surface area contributed by atoms with Gasteiger partial charge in [-0.25, -0.2) is 17.6 Å². The molecule has 0 spiro atoms. The van der Waals surface area contributed by atoms with Gasteiger partial charge in [0.15, 0.2) is 6.10 Å². The summed E-state index contributed by atoms with van der Waals surface area (Å²) in [6, 6.07) is 1.34. The summed E-state index contributed by atoms with van der Waals surface area (Å²) in [4.78, 5) is 36.2. The number of carbonyl (C=O) groups is 3. The number of hydrogen-bond donors (Lipinski definition) is 4. The zero-order valence-electron chi connectivity index (χ0n) is 17.8. The SMILES string of the molecule is C[C@H](OC(=O)[C@H](NS(=O)(=O)c1ccc(F)cc1)[C@H](C)O)C(=O)NC(=O)NC1CCCCC1. The van der Waals surface area contributed by atoms with Crippen molar-refractivity contribution in [3.8, 4) is 0 Å². The third-order valence-corrected chi connectivity index (χ3v) is 6.44. The lowest BCUT2D eigenvalue weighted by atomic mass is 9.96. The third kappa shape index (κ3) is 7.53. The van der Waals surface area contributed by atoms with E-state index in [4.69, 9.17) is 4.74 Å². The number of halogens is 1. The molecule has 0 radical (unpaired) electrons. The number of carbonyl (C=O) groups excluding carboxylic acids is 3. The summed E-state index contributed by atoms with van der Waals surface area (Å²) in [5.74, 6) is -2.78. The van der Waals surface area contributed by atoms with Crippen molar-refractivity contribution < 1.29 is 37.0 Å². The average Bonchev–Trinajstić information content (AvgIpc) is 2.72. The number of esters is 1. The lowest BCUT2D eigenvalue weighted by Crippen LogP contribution is -2.51. The van der Waals surface area contributed by atoms with Gasteiger partial charge in [-0.2, -0.15) is 4.72 Å². The lowest BCUT2D eigenvalue weighted by molar-refractivity contribution is -0.158. The molecule has 178 valence electrons. The van der Waals surface area contributed by atoms with Crippen LogP contribution in [0.15, 0.2) is 29.2 Å². The summed E-state index contributed by atoms with van der Waals surface area (Å²) in [6.07, 6.45) is 1.76. The van der Waals surface area contributed by atoms with E-state index in [9.17, 15) is 32.3 Å². The maximum Gasteiger partial charge on any atom is 0.327 e. The lowest BCUT2D eigenvalue weighted by Gasteiger charge is -2.24. The summed E-state index contributed by atoms with van der Waals surface area (Å²) in [7, 11) is -4.30. The maximum absolute atomic E-state index is 13.0. The first-order valence-corrected chi connectivity index (χ1v) is 11.8. The Balaban J connectivity index is 1.95. The van der Waals surface area contributed by atoms with Crippen LogP contribution in [0.5, 0.6) is 0 Å². The van der Waals surface area contributed by atoms with E-state index < -0.39 is 52.0 Å². The van der Waals surface area contributed by atoms with Crippen LogP contribution in [-0.2, 0) is 24.3 Å². The van der Waals surface area contributed by atoms with Crippen LogP contribution in [0, 0.1) is 5.82 Å². The van der Waals surface area contributed by atoms with Crippen LogP contribution >= 0.6 is 0 Å². The standard InChI is InChI=1S/C20H28FN3O7S/c1-12(25)17(24-32(29,30)16-10-8-14(21)9-11-16)19(27)31-13(2)18(26)23-20(28)22-15-6-4-3-5-7-15/h8-13,15,17,24-25H,3-7H2,1-2H3,(H2,22,23,26,28)/t12-,13-,17+/m0/s1. The molecule has 0 bridgehead atoms. The quantitative estimate of drug-likeness (QED) is 0.410. The number of sulfonamides is 1. The number of urea groups is 1. The van der Waals surface area contributed by atoms with E-state index in [1.807, 2.05) is 4.72 Å². The number of ether oxygens (including phenoxy) is 1. The number of hydrogen-bond acceptors (Lipinski definition) is 7. The van der Waals surface area contributed by atoms with E-state index >= 15 is 0 Å². The normalized spacial score (nSPS) is 17.6. The number of amides is 3. The van der Waals surface area contributed by atoms with E-state index in [2.05, 4.69) is 10.6 Å². The third-order valence-electron chi connectivity index (χ3n) is 4.98. The molecule has 12 heteroatoms. The van der Waals surface area contributed by atoms with Crippen LogP contribution in [0.3, 0.4) is 0 Å². The fourth-order valence-corrected chi connectivity index (χ4v) is 4.43. The van der Waals surface area contributed by atoms with Crippen LogP contribution in [0.25, 0.3) is 0 Å². The minimum Gasteiger partial charge on any atom is -0.451 e. The number of benzene rings is 1. The molecule has 1 saturated carbocycles. The Bertz CT molecular complexity index is 916. The topological polar surface area (TPSA) is 151 Å². The average molecular weight is 474 g/mol. The van der Waals surface area contributed by atoms with Gasteiger partial charge in [-0.15, -0.1) is 0 Å². The first kappa shape index (κ1) is 25.7. The Labute approximate surface area is 186 Å². The molecule has 3 atom stereocenters. The molecule has 1 aliphatic carbocycles. The second kappa shape index (κ2) is 11.3. The smallest absolute Gasteiger partial charge is 0.327 e. The molecule has 32 heavy (non-hydrogen) atoms. The number of imide groups is 1. The van der Waals surface area contributed by atoms with Crippen molar-refractivity contribution in [1.82, 2.24) is 15.4 Å². The highest BCUT2D eigenvalue weighted by molar-refractivity contribution is 7.89. The Hall–Kier alpha value is -2.57. The highest BCUT2D eigenvalue weighted by Gasteiger charge is 2.33. The molecule has 3 amide bonds. The summed E-state index contributed by atoms with van der Waals surface area (Å²) in [5.41, 5.74) is 0. The molecule has 4 N–H and O–H groups in total. The molecule has 1 aromatic carbocycles. The molecule has 1 aliphatic rings. The number of aliphatic hydroxyl groups is 1. The van der Waals surface area contributed by atoms with E-state index in [1.165, 1.54) is 6.92 Å². The zero-order valence-corrected chi connectivity index (χ0v) is 18.7. The van der Waals surface area contributed by atoms with Crippen molar-refractivity contribution in [2.75, 3.05) is 0 Å². The van der Waals surface area contributed by atoms with Gasteiger partial charge in [-0.1, -0.05) is 19.3 Å². The highest BCUT2D eigenvalue weighted by Crippen LogP contribution is 2.17. The predicted octanol–water partition coefficient (Wildman–Crippen LogP) is 0.944. The molecule has 2 rings (SSSR count). The summed E-state index contributed by atoms with van der Waals surface area (Å²) in [6.45, 7) is 2.36. The fraction of sp³-hybridized carbons (Fsp3) is 0.550. The van der Waals surface area contributed by atoms with Crippen LogP contribution < -0.4 is 15.4 Å². The fourth-order valence-electron chi connectivity index (χ4n) is 3.18. The first-order valence-electron chi connectivity index (χ1n) is 10.3. The van der Waals surface area contributed by atoms with E-state index in [-0.39, 0.29) is 10.9 Å². The Kier molecular flexibility index (Phi) is 9.10. The summed E-state index contributed by atoms with van der Waals surface area (Å²) in [5, 5.41) is 14.6. The molecular weight excluding hydrogens is 445 g/mol. The van der Waals surface area contributed by atoms with Crippen LogP contribution in [0.1, 0.15) is 46.0 Å². The van der Waals surface area contributed by atoms with Gasteiger partial charge in [0, 0.05) is 6.04 Å². The van der Waals surface area contributed by atoms with Gasteiger partial charge >= 0.3 is 12.0 Å². The van der Waals surface area contributed by atoms with Crippen LogP contribution in [0.4, 0.5) is 9.18 Å². The molecule has 1 aromatic rings.